The van der Waals surface area contributed by atoms with E-state index in [1.54, 1.807) is 0 Å². The average molecular weight is 437 g/mol. The normalized spacial score (nSPS) is 11.6. The molecule has 0 radical (unpaired) electrons. The molecule has 2 rings (SSSR count). The number of hydrogen-bond donors (Lipinski definition) is 1. The second-order valence-electron chi connectivity index (χ2n) is 4.35. The first-order valence-electron chi connectivity index (χ1n) is 6.01. The Morgan fingerprint density at radius 2 is 1.67 bits per heavy atom. The van der Waals surface area contributed by atoms with Gasteiger partial charge >= 0.3 is 0 Å². The fourth-order valence-corrected chi connectivity index (χ4v) is 3.48. The molecule has 0 saturated heterocycles. The summed E-state index contributed by atoms with van der Waals surface area (Å²) in [6.07, 6.45) is 0. The van der Waals surface area contributed by atoms with Crippen LogP contribution in [0.15, 0.2) is 51.8 Å². The standard InChI is InChI=1S/C14H12Br2FNO2S/c15-8-10-1-3-11(4-2-10)9-18-21(19,20)14-6-5-12(16)7-13(14)17/h1-7,18H,8-9H2. The molecule has 0 aromatic heterocycles. The first-order valence-corrected chi connectivity index (χ1v) is 9.40. The Morgan fingerprint density at radius 3 is 2.24 bits per heavy atom. The summed E-state index contributed by atoms with van der Waals surface area (Å²) in [5.41, 5.74) is 1.90. The summed E-state index contributed by atoms with van der Waals surface area (Å²) in [6, 6.07) is 11.3. The van der Waals surface area contributed by atoms with Crippen LogP contribution < -0.4 is 4.72 Å². The molecule has 3 nitrogen and oxygen atoms in total. The van der Waals surface area contributed by atoms with E-state index >= 15 is 0 Å². The summed E-state index contributed by atoms with van der Waals surface area (Å²) in [5.74, 6) is -0.786. The van der Waals surface area contributed by atoms with E-state index in [0.717, 1.165) is 22.5 Å². The largest absolute Gasteiger partial charge is 0.243 e. The van der Waals surface area contributed by atoms with Crippen LogP contribution in [0.4, 0.5) is 4.39 Å². The van der Waals surface area contributed by atoms with Crippen molar-refractivity contribution < 1.29 is 12.8 Å². The van der Waals surface area contributed by atoms with E-state index in [4.69, 9.17) is 0 Å². The van der Waals surface area contributed by atoms with Crippen LogP contribution in [0.3, 0.4) is 0 Å². The van der Waals surface area contributed by atoms with Gasteiger partial charge in [-0.05, 0) is 29.3 Å². The van der Waals surface area contributed by atoms with Crippen molar-refractivity contribution in [3.05, 3.63) is 63.9 Å². The zero-order valence-electron chi connectivity index (χ0n) is 10.8. The number of hydrogen-bond acceptors (Lipinski definition) is 2. The molecule has 1 N–H and O–H groups in total. The Labute approximate surface area is 139 Å². The van der Waals surface area contributed by atoms with E-state index in [-0.39, 0.29) is 11.4 Å². The van der Waals surface area contributed by atoms with Gasteiger partial charge in [0.15, 0.2) is 0 Å². The lowest BCUT2D eigenvalue weighted by Crippen LogP contribution is -2.24. The fourth-order valence-electron chi connectivity index (χ4n) is 1.70. The van der Waals surface area contributed by atoms with Gasteiger partial charge in [0.1, 0.15) is 10.7 Å². The summed E-state index contributed by atoms with van der Waals surface area (Å²) >= 11 is 6.43. The van der Waals surface area contributed by atoms with Crippen LogP contribution >= 0.6 is 31.9 Å². The molecule has 0 heterocycles. The van der Waals surface area contributed by atoms with Crippen LogP contribution in [-0.4, -0.2) is 8.42 Å². The Kier molecular flexibility index (Phi) is 5.54. The zero-order chi connectivity index (χ0) is 15.5. The monoisotopic (exact) mass is 435 g/mol. The van der Waals surface area contributed by atoms with Gasteiger partial charge in [0.2, 0.25) is 10.0 Å². The van der Waals surface area contributed by atoms with E-state index in [0.29, 0.717) is 4.47 Å². The first kappa shape index (κ1) is 16.6. The molecule has 2 aromatic carbocycles. The number of benzene rings is 2. The Balaban J connectivity index is 2.13. The van der Waals surface area contributed by atoms with Crippen LogP contribution in [0, 0.1) is 5.82 Å². The van der Waals surface area contributed by atoms with Gasteiger partial charge in [-0.25, -0.2) is 17.5 Å². The number of halogens is 3. The number of sulfonamides is 1. The molecule has 0 bridgehead atoms. The molecular formula is C14H12Br2FNO2S. The average Bonchev–Trinajstić information content (AvgIpc) is 2.45. The van der Waals surface area contributed by atoms with Gasteiger partial charge in [0.05, 0.1) is 0 Å². The van der Waals surface area contributed by atoms with Crippen molar-refractivity contribution in [3.8, 4) is 0 Å². The lowest BCUT2D eigenvalue weighted by Gasteiger charge is -2.08. The van der Waals surface area contributed by atoms with E-state index in [9.17, 15) is 12.8 Å². The molecule has 0 fully saturated rings. The summed E-state index contributed by atoms with van der Waals surface area (Å²) < 4.78 is 40.8. The molecule has 0 amide bonds. The van der Waals surface area contributed by atoms with Crippen LogP contribution in [0.2, 0.25) is 0 Å². The highest BCUT2D eigenvalue weighted by Gasteiger charge is 2.18. The Hall–Kier alpha value is -0.760. The third-order valence-electron chi connectivity index (χ3n) is 2.83. The summed E-state index contributed by atoms with van der Waals surface area (Å²) in [7, 11) is -3.88. The highest BCUT2D eigenvalue weighted by molar-refractivity contribution is 9.10. The lowest BCUT2D eigenvalue weighted by atomic mass is 10.2. The quantitative estimate of drug-likeness (QED) is 0.721. The molecule has 0 spiro atoms. The van der Waals surface area contributed by atoms with E-state index in [1.165, 1.54) is 12.1 Å². The number of nitrogens with one attached hydrogen (secondary N) is 1. The van der Waals surface area contributed by atoms with Crippen molar-refractivity contribution >= 4 is 41.9 Å². The molecular weight excluding hydrogens is 425 g/mol. The van der Waals surface area contributed by atoms with Crippen molar-refractivity contribution in [1.29, 1.82) is 0 Å². The van der Waals surface area contributed by atoms with Crippen molar-refractivity contribution in [2.75, 3.05) is 0 Å². The maximum Gasteiger partial charge on any atom is 0.243 e. The minimum absolute atomic E-state index is 0.112. The molecule has 0 saturated carbocycles. The van der Waals surface area contributed by atoms with Crippen molar-refractivity contribution in [2.45, 2.75) is 16.8 Å². The summed E-state index contributed by atoms with van der Waals surface area (Å²) in [6.45, 7) is 0.112. The molecule has 0 aliphatic heterocycles. The third-order valence-corrected chi connectivity index (χ3v) is 5.40. The molecule has 0 atom stereocenters. The maximum atomic E-state index is 13.7. The van der Waals surface area contributed by atoms with Crippen LogP contribution in [0.5, 0.6) is 0 Å². The van der Waals surface area contributed by atoms with Crippen LogP contribution in [-0.2, 0) is 21.9 Å². The van der Waals surface area contributed by atoms with Gasteiger partial charge in [-0.3, -0.25) is 0 Å². The molecule has 112 valence electrons. The minimum atomic E-state index is -3.88. The molecule has 0 unspecified atom stereocenters. The second-order valence-corrected chi connectivity index (χ2v) is 7.56. The van der Waals surface area contributed by atoms with Gasteiger partial charge in [0.25, 0.3) is 0 Å². The van der Waals surface area contributed by atoms with Gasteiger partial charge in [0, 0.05) is 16.3 Å². The van der Waals surface area contributed by atoms with E-state index in [2.05, 4.69) is 36.6 Å². The second kappa shape index (κ2) is 7.00. The molecule has 0 aliphatic rings. The summed E-state index contributed by atoms with van der Waals surface area (Å²) in [5, 5.41) is 0.739. The van der Waals surface area contributed by atoms with Crippen molar-refractivity contribution in [1.82, 2.24) is 4.72 Å². The first-order chi connectivity index (χ1) is 9.92. The van der Waals surface area contributed by atoms with Crippen molar-refractivity contribution in [2.24, 2.45) is 0 Å². The Morgan fingerprint density at radius 1 is 1.05 bits per heavy atom. The predicted molar refractivity (Wildman–Crippen MR) is 87.2 cm³/mol. The third kappa shape index (κ3) is 4.35. The zero-order valence-corrected chi connectivity index (χ0v) is 14.8. The molecule has 7 heteroatoms. The van der Waals surface area contributed by atoms with Gasteiger partial charge in [-0.2, -0.15) is 0 Å². The van der Waals surface area contributed by atoms with Gasteiger partial charge in [-0.1, -0.05) is 56.1 Å². The van der Waals surface area contributed by atoms with Gasteiger partial charge in [-0.15, -0.1) is 0 Å². The minimum Gasteiger partial charge on any atom is -0.207 e. The summed E-state index contributed by atoms with van der Waals surface area (Å²) in [4.78, 5) is -0.359. The number of alkyl halides is 1. The smallest absolute Gasteiger partial charge is 0.207 e. The molecule has 21 heavy (non-hydrogen) atoms. The van der Waals surface area contributed by atoms with Crippen LogP contribution in [0.1, 0.15) is 11.1 Å². The Bertz CT molecular complexity index is 733. The maximum absolute atomic E-state index is 13.7. The molecule has 2 aromatic rings. The lowest BCUT2D eigenvalue weighted by molar-refractivity contribution is 0.556. The topological polar surface area (TPSA) is 46.2 Å². The fraction of sp³-hybridized carbons (Fsp3) is 0.143. The highest BCUT2D eigenvalue weighted by Crippen LogP contribution is 2.19. The SMILES string of the molecule is O=S(=O)(NCc1ccc(CBr)cc1)c1ccc(Br)cc1F. The number of rotatable bonds is 5. The van der Waals surface area contributed by atoms with Crippen molar-refractivity contribution in [3.63, 3.8) is 0 Å². The highest BCUT2D eigenvalue weighted by atomic mass is 79.9. The predicted octanol–water partition coefficient (Wildman–Crippen LogP) is 3.96. The molecule has 0 aliphatic carbocycles. The van der Waals surface area contributed by atoms with E-state index < -0.39 is 15.8 Å². The van der Waals surface area contributed by atoms with Crippen LogP contribution in [0.25, 0.3) is 0 Å². The van der Waals surface area contributed by atoms with Gasteiger partial charge < -0.3 is 0 Å². The van der Waals surface area contributed by atoms with E-state index in [1.807, 2.05) is 24.3 Å².